The van der Waals surface area contributed by atoms with E-state index in [0.29, 0.717) is 23.6 Å². The van der Waals surface area contributed by atoms with Gasteiger partial charge in [-0.3, -0.25) is 4.90 Å². The Morgan fingerprint density at radius 2 is 1.97 bits per heavy atom. The molecule has 1 aromatic carbocycles. The van der Waals surface area contributed by atoms with Gasteiger partial charge in [0, 0.05) is 37.3 Å². The van der Waals surface area contributed by atoms with E-state index in [0.717, 1.165) is 49.5 Å². The van der Waals surface area contributed by atoms with E-state index in [9.17, 15) is 0 Å². The van der Waals surface area contributed by atoms with E-state index >= 15 is 0 Å². The number of piperidine rings is 1. The van der Waals surface area contributed by atoms with Gasteiger partial charge in [0.05, 0.1) is 6.61 Å². The number of halogens is 2. The first kappa shape index (κ1) is 22.2. The average molecular weight is 463 g/mol. The lowest BCUT2D eigenvalue weighted by Crippen LogP contribution is -2.38. The molecule has 0 radical (unpaired) electrons. The topological polar surface area (TPSA) is 59.5 Å². The second-order valence-corrected chi connectivity index (χ2v) is 9.25. The van der Waals surface area contributed by atoms with Gasteiger partial charge in [0.25, 0.3) is 0 Å². The summed E-state index contributed by atoms with van der Waals surface area (Å²) in [5.74, 6) is 2.33. The van der Waals surface area contributed by atoms with Crippen LogP contribution in [0.4, 0.5) is 5.82 Å². The summed E-state index contributed by atoms with van der Waals surface area (Å²) in [6.07, 6.45) is 6.26. The van der Waals surface area contributed by atoms with E-state index in [1.165, 1.54) is 5.56 Å². The summed E-state index contributed by atoms with van der Waals surface area (Å²) >= 11 is 11.9. The van der Waals surface area contributed by atoms with Crippen LogP contribution >= 0.6 is 23.2 Å². The van der Waals surface area contributed by atoms with E-state index < -0.39 is 0 Å². The third-order valence-electron chi connectivity index (χ3n) is 5.49. The molecule has 2 aliphatic heterocycles. The minimum atomic E-state index is -0.326. The van der Waals surface area contributed by atoms with Crippen molar-refractivity contribution in [2.75, 3.05) is 25.0 Å². The molecule has 3 heterocycles. The first-order valence-electron chi connectivity index (χ1n) is 10.7. The Bertz CT molecular complexity index is 952. The van der Waals surface area contributed by atoms with Gasteiger partial charge in [-0.05, 0) is 69.0 Å². The number of rotatable bonds is 6. The van der Waals surface area contributed by atoms with Crippen molar-refractivity contribution in [2.45, 2.75) is 51.8 Å². The maximum Gasteiger partial charge on any atom is 0.225 e. The summed E-state index contributed by atoms with van der Waals surface area (Å²) in [6, 6.07) is 6.37. The molecule has 4 rings (SSSR count). The number of anilines is 1. The maximum atomic E-state index is 6.17. The van der Waals surface area contributed by atoms with Crippen LogP contribution in [0.3, 0.4) is 0 Å². The number of fused-ring (bicyclic) bond motifs is 1. The molecule has 166 valence electrons. The summed E-state index contributed by atoms with van der Waals surface area (Å²) in [4.78, 5) is 10.6. The van der Waals surface area contributed by atoms with Gasteiger partial charge in [-0.15, -0.1) is 0 Å². The van der Waals surface area contributed by atoms with Crippen LogP contribution in [-0.2, 0) is 6.54 Å². The number of hydrogen-bond donors (Lipinski definition) is 1. The van der Waals surface area contributed by atoms with Crippen molar-refractivity contribution < 1.29 is 9.47 Å². The maximum absolute atomic E-state index is 6.17. The number of benzene rings is 1. The van der Waals surface area contributed by atoms with Gasteiger partial charge in [0.1, 0.15) is 16.6 Å². The fourth-order valence-electron chi connectivity index (χ4n) is 4.02. The highest BCUT2D eigenvalue weighted by molar-refractivity contribution is 6.32. The molecule has 1 fully saturated rings. The number of ether oxygens (including phenoxy) is 2. The van der Waals surface area contributed by atoms with Crippen molar-refractivity contribution in [3.8, 4) is 11.5 Å². The molecule has 1 aromatic heterocycles. The largest absolute Gasteiger partial charge is 0.490 e. The highest BCUT2D eigenvalue weighted by Gasteiger charge is 2.26. The van der Waals surface area contributed by atoms with E-state index in [-0.39, 0.29) is 10.9 Å². The molecule has 31 heavy (non-hydrogen) atoms. The number of nitrogens with zero attached hydrogens (tertiary/aromatic N) is 3. The van der Waals surface area contributed by atoms with E-state index in [4.69, 9.17) is 32.7 Å². The standard InChI is InChI=1S/C23H28Cl2N4O2/c1-4-30-18-12-15(11-16-5-8-23(2,3)31-21(16)18)14-29-9-6-17(7-10-29)26-20-13-19(24)27-22(25)28-20/h5,8,11-13,17H,4,6-7,9-10,14H2,1-3H3,(H,26,27,28). The van der Waals surface area contributed by atoms with Crippen LogP contribution in [0.25, 0.3) is 6.08 Å². The van der Waals surface area contributed by atoms with Gasteiger partial charge in [0.15, 0.2) is 11.5 Å². The summed E-state index contributed by atoms with van der Waals surface area (Å²) in [6.45, 7) is 9.57. The minimum absolute atomic E-state index is 0.159. The van der Waals surface area contributed by atoms with Gasteiger partial charge >= 0.3 is 0 Å². The third kappa shape index (κ3) is 5.62. The molecule has 0 amide bonds. The molecule has 8 heteroatoms. The van der Waals surface area contributed by atoms with Crippen LogP contribution in [0.2, 0.25) is 10.4 Å². The van der Waals surface area contributed by atoms with Crippen LogP contribution in [0, 0.1) is 0 Å². The molecule has 0 spiro atoms. The van der Waals surface area contributed by atoms with Crippen molar-refractivity contribution in [1.82, 2.24) is 14.9 Å². The SMILES string of the molecule is CCOc1cc(CN2CCC(Nc3cc(Cl)nc(Cl)n3)CC2)cc2c1OC(C)(C)C=C2. The van der Waals surface area contributed by atoms with Crippen LogP contribution in [0.1, 0.15) is 44.7 Å². The Hall–Kier alpha value is -2.02. The molecule has 0 unspecified atom stereocenters. The summed E-state index contributed by atoms with van der Waals surface area (Å²) in [5, 5.41) is 3.93. The van der Waals surface area contributed by atoms with Crippen molar-refractivity contribution >= 4 is 35.1 Å². The second kappa shape index (κ2) is 9.23. The van der Waals surface area contributed by atoms with Crippen LogP contribution in [0.15, 0.2) is 24.3 Å². The van der Waals surface area contributed by atoms with E-state index in [1.54, 1.807) is 6.07 Å². The molecule has 0 saturated carbocycles. The summed E-state index contributed by atoms with van der Waals surface area (Å²) in [7, 11) is 0. The molecule has 2 aliphatic rings. The highest BCUT2D eigenvalue weighted by atomic mass is 35.5. The smallest absolute Gasteiger partial charge is 0.225 e. The van der Waals surface area contributed by atoms with Crippen LogP contribution < -0.4 is 14.8 Å². The summed E-state index contributed by atoms with van der Waals surface area (Å²) in [5.41, 5.74) is 1.98. The normalized spacial score (nSPS) is 18.4. The Morgan fingerprint density at radius 1 is 1.19 bits per heavy atom. The molecular formula is C23H28Cl2N4O2. The number of aromatic nitrogens is 2. The summed E-state index contributed by atoms with van der Waals surface area (Å²) < 4.78 is 12.1. The van der Waals surface area contributed by atoms with E-state index in [1.807, 2.05) is 6.92 Å². The van der Waals surface area contributed by atoms with Gasteiger partial charge in [-0.25, -0.2) is 9.97 Å². The first-order valence-corrected chi connectivity index (χ1v) is 11.4. The Morgan fingerprint density at radius 3 is 2.68 bits per heavy atom. The lowest BCUT2D eigenvalue weighted by atomic mass is 9.99. The monoisotopic (exact) mass is 462 g/mol. The van der Waals surface area contributed by atoms with Crippen molar-refractivity contribution in [1.29, 1.82) is 0 Å². The third-order valence-corrected chi connectivity index (χ3v) is 5.85. The number of nitrogens with one attached hydrogen (secondary N) is 1. The Kier molecular flexibility index (Phi) is 6.60. The Labute approximate surface area is 193 Å². The van der Waals surface area contributed by atoms with Gasteiger partial charge in [-0.2, -0.15) is 0 Å². The van der Waals surface area contributed by atoms with Gasteiger partial charge < -0.3 is 14.8 Å². The predicted octanol–water partition coefficient (Wildman–Crippen LogP) is 5.44. The molecular weight excluding hydrogens is 435 g/mol. The fraction of sp³-hybridized carbons (Fsp3) is 0.478. The Balaban J connectivity index is 1.40. The molecule has 0 aliphatic carbocycles. The van der Waals surface area contributed by atoms with Crippen LogP contribution in [-0.4, -0.2) is 46.2 Å². The fourth-order valence-corrected chi connectivity index (χ4v) is 4.43. The van der Waals surface area contributed by atoms with Crippen molar-refractivity contribution in [3.05, 3.63) is 45.8 Å². The van der Waals surface area contributed by atoms with Gasteiger partial charge in [-0.1, -0.05) is 17.7 Å². The molecule has 0 bridgehead atoms. The zero-order valence-electron chi connectivity index (χ0n) is 18.1. The number of likely N-dealkylation sites (tertiary alicyclic amines) is 1. The van der Waals surface area contributed by atoms with Crippen molar-refractivity contribution in [2.24, 2.45) is 0 Å². The van der Waals surface area contributed by atoms with E-state index in [2.05, 4.69) is 58.3 Å². The second-order valence-electron chi connectivity index (χ2n) is 8.52. The van der Waals surface area contributed by atoms with Crippen LogP contribution in [0.5, 0.6) is 11.5 Å². The number of hydrogen-bond acceptors (Lipinski definition) is 6. The van der Waals surface area contributed by atoms with Gasteiger partial charge in [0.2, 0.25) is 5.28 Å². The lowest BCUT2D eigenvalue weighted by Gasteiger charge is -2.33. The zero-order valence-corrected chi connectivity index (χ0v) is 19.6. The molecule has 0 atom stereocenters. The molecule has 6 nitrogen and oxygen atoms in total. The van der Waals surface area contributed by atoms with Crippen molar-refractivity contribution in [3.63, 3.8) is 0 Å². The average Bonchev–Trinajstić information content (AvgIpc) is 2.69. The molecule has 1 N–H and O–H groups in total. The predicted molar refractivity (Wildman–Crippen MR) is 125 cm³/mol. The highest BCUT2D eigenvalue weighted by Crippen LogP contribution is 2.40. The molecule has 1 saturated heterocycles. The lowest BCUT2D eigenvalue weighted by molar-refractivity contribution is 0.149. The quantitative estimate of drug-likeness (QED) is 0.455. The molecule has 2 aromatic rings. The zero-order chi connectivity index (χ0) is 22.0. The first-order chi connectivity index (χ1) is 14.8. The minimum Gasteiger partial charge on any atom is -0.490 e.